The van der Waals surface area contributed by atoms with E-state index in [2.05, 4.69) is 10.1 Å². The Labute approximate surface area is 104 Å². The molecule has 0 bridgehead atoms. The third-order valence-electron chi connectivity index (χ3n) is 2.21. The predicted octanol–water partition coefficient (Wildman–Crippen LogP) is 1.10. The third kappa shape index (κ3) is 4.50. The Morgan fingerprint density at radius 1 is 1.39 bits per heavy atom. The smallest absolute Gasteiger partial charge is 0.329 e. The zero-order valence-corrected chi connectivity index (χ0v) is 9.85. The summed E-state index contributed by atoms with van der Waals surface area (Å²) in [6.45, 7) is 0.722. The van der Waals surface area contributed by atoms with E-state index < -0.39 is 30.3 Å². The van der Waals surface area contributed by atoms with Crippen molar-refractivity contribution in [2.45, 2.75) is 13.0 Å². The fraction of sp³-hybridized carbons (Fsp3) is 0.333. The van der Waals surface area contributed by atoms with Gasteiger partial charge in [-0.15, -0.1) is 0 Å². The van der Waals surface area contributed by atoms with Gasteiger partial charge < -0.3 is 15.2 Å². The number of nitrogens with one attached hydrogen (secondary N) is 1. The molecular weight excluding hydrogens is 241 g/mol. The molecule has 6 heteroatoms. The number of carboxylic acid groups (broad SMARTS) is 1. The topological polar surface area (TPSA) is 75.6 Å². The average molecular weight is 255 g/mol. The summed E-state index contributed by atoms with van der Waals surface area (Å²) in [6, 6.07) is 5.59. The van der Waals surface area contributed by atoms with Gasteiger partial charge in [0.1, 0.15) is 19.0 Å². The van der Waals surface area contributed by atoms with Gasteiger partial charge in [0, 0.05) is 5.56 Å². The summed E-state index contributed by atoms with van der Waals surface area (Å²) in [6.07, 6.45) is 0. The van der Waals surface area contributed by atoms with Gasteiger partial charge in [-0.1, -0.05) is 18.2 Å². The van der Waals surface area contributed by atoms with Gasteiger partial charge in [-0.05, 0) is 13.0 Å². The van der Waals surface area contributed by atoms with Crippen LogP contribution in [0, 0.1) is 5.82 Å². The molecule has 1 aromatic carbocycles. The summed E-state index contributed by atoms with van der Waals surface area (Å²) in [5.41, 5.74) is 0.365. The minimum atomic E-state index is -1.15. The van der Waals surface area contributed by atoms with Crippen molar-refractivity contribution in [1.29, 1.82) is 0 Å². The van der Waals surface area contributed by atoms with Crippen LogP contribution in [0.1, 0.15) is 18.5 Å². The number of carbonyl (C=O) groups excluding carboxylic acids is 1. The van der Waals surface area contributed by atoms with Gasteiger partial charge in [-0.2, -0.15) is 0 Å². The van der Waals surface area contributed by atoms with Gasteiger partial charge >= 0.3 is 5.97 Å². The number of hydrogen-bond acceptors (Lipinski definition) is 3. The van der Waals surface area contributed by atoms with Crippen LogP contribution in [0.3, 0.4) is 0 Å². The highest BCUT2D eigenvalue weighted by Gasteiger charge is 2.13. The molecular formula is C12H14FNO4. The summed E-state index contributed by atoms with van der Waals surface area (Å²) < 4.78 is 18.0. The molecule has 0 unspecified atom stereocenters. The SMILES string of the molecule is C[C@H](NC(=O)COCC(=O)O)c1ccccc1F. The Morgan fingerprint density at radius 3 is 2.67 bits per heavy atom. The third-order valence-corrected chi connectivity index (χ3v) is 2.21. The Bertz CT molecular complexity index is 436. The molecule has 1 rings (SSSR count). The molecule has 0 aliphatic heterocycles. The van der Waals surface area contributed by atoms with E-state index in [-0.39, 0.29) is 6.61 Å². The first kappa shape index (κ1) is 14.1. The first-order valence-corrected chi connectivity index (χ1v) is 5.34. The predicted molar refractivity (Wildman–Crippen MR) is 61.4 cm³/mol. The van der Waals surface area contributed by atoms with E-state index in [0.717, 1.165) is 0 Å². The van der Waals surface area contributed by atoms with Crippen LogP contribution in [0.5, 0.6) is 0 Å². The van der Waals surface area contributed by atoms with E-state index in [0.29, 0.717) is 5.56 Å². The zero-order valence-electron chi connectivity index (χ0n) is 9.85. The van der Waals surface area contributed by atoms with Gasteiger partial charge in [0.2, 0.25) is 5.91 Å². The van der Waals surface area contributed by atoms with Crippen molar-refractivity contribution in [1.82, 2.24) is 5.32 Å². The van der Waals surface area contributed by atoms with E-state index in [9.17, 15) is 14.0 Å². The number of hydrogen-bond donors (Lipinski definition) is 2. The highest BCUT2D eigenvalue weighted by atomic mass is 19.1. The minimum absolute atomic E-state index is 0.365. The molecule has 0 spiro atoms. The molecule has 0 heterocycles. The fourth-order valence-corrected chi connectivity index (χ4v) is 1.42. The fourth-order valence-electron chi connectivity index (χ4n) is 1.42. The minimum Gasteiger partial charge on any atom is -0.480 e. The molecule has 1 amide bonds. The second-order valence-electron chi connectivity index (χ2n) is 3.70. The van der Waals surface area contributed by atoms with Crippen LogP contribution in [0.4, 0.5) is 4.39 Å². The van der Waals surface area contributed by atoms with Gasteiger partial charge in [0.25, 0.3) is 0 Å². The van der Waals surface area contributed by atoms with Crippen molar-refractivity contribution < 1.29 is 23.8 Å². The molecule has 0 saturated carbocycles. The van der Waals surface area contributed by atoms with Crippen LogP contribution in [0.2, 0.25) is 0 Å². The van der Waals surface area contributed by atoms with Crippen molar-refractivity contribution in [3.8, 4) is 0 Å². The molecule has 0 fully saturated rings. The lowest BCUT2D eigenvalue weighted by atomic mass is 10.1. The molecule has 0 aliphatic rings. The summed E-state index contributed by atoms with van der Waals surface area (Å²) >= 11 is 0. The van der Waals surface area contributed by atoms with Crippen molar-refractivity contribution in [2.75, 3.05) is 13.2 Å². The van der Waals surface area contributed by atoms with Crippen LogP contribution in [-0.2, 0) is 14.3 Å². The molecule has 1 atom stereocenters. The number of ether oxygens (including phenoxy) is 1. The molecule has 2 N–H and O–H groups in total. The Morgan fingerprint density at radius 2 is 2.06 bits per heavy atom. The summed E-state index contributed by atoms with van der Waals surface area (Å²) in [5.74, 6) is -2.05. The number of amides is 1. The largest absolute Gasteiger partial charge is 0.480 e. The number of carboxylic acids is 1. The van der Waals surface area contributed by atoms with Crippen LogP contribution in [0.15, 0.2) is 24.3 Å². The molecule has 98 valence electrons. The summed E-state index contributed by atoms with van der Waals surface area (Å²) in [7, 11) is 0. The van der Waals surface area contributed by atoms with Crippen LogP contribution in [-0.4, -0.2) is 30.2 Å². The average Bonchev–Trinajstić information content (AvgIpc) is 2.28. The number of carbonyl (C=O) groups is 2. The van der Waals surface area contributed by atoms with E-state index in [4.69, 9.17) is 5.11 Å². The molecule has 0 saturated heterocycles. The molecule has 0 aromatic heterocycles. The lowest BCUT2D eigenvalue weighted by Crippen LogP contribution is -2.31. The highest BCUT2D eigenvalue weighted by molar-refractivity contribution is 5.78. The zero-order chi connectivity index (χ0) is 13.5. The quantitative estimate of drug-likeness (QED) is 0.798. The lowest BCUT2D eigenvalue weighted by molar-refractivity contribution is -0.143. The molecule has 0 radical (unpaired) electrons. The van der Waals surface area contributed by atoms with Gasteiger partial charge in [-0.3, -0.25) is 4.79 Å². The molecule has 18 heavy (non-hydrogen) atoms. The maximum atomic E-state index is 13.4. The maximum absolute atomic E-state index is 13.4. The molecule has 5 nitrogen and oxygen atoms in total. The van der Waals surface area contributed by atoms with E-state index in [1.807, 2.05) is 0 Å². The Hall–Kier alpha value is -1.95. The van der Waals surface area contributed by atoms with Crippen molar-refractivity contribution in [2.24, 2.45) is 0 Å². The second kappa shape index (κ2) is 6.70. The Balaban J connectivity index is 2.45. The maximum Gasteiger partial charge on any atom is 0.329 e. The van der Waals surface area contributed by atoms with Gasteiger partial charge in [0.15, 0.2) is 0 Å². The lowest BCUT2D eigenvalue weighted by Gasteiger charge is -2.14. The van der Waals surface area contributed by atoms with E-state index >= 15 is 0 Å². The monoisotopic (exact) mass is 255 g/mol. The summed E-state index contributed by atoms with van der Waals surface area (Å²) in [4.78, 5) is 21.5. The van der Waals surface area contributed by atoms with E-state index in [1.165, 1.54) is 6.07 Å². The van der Waals surface area contributed by atoms with E-state index in [1.54, 1.807) is 25.1 Å². The molecule has 0 aliphatic carbocycles. The van der Waals surface area contributed by atoms with Crippen LogP contribution in [0.25, 0.3) is 0 Å². The first-order valence-electron chi connectivity index (χ1n) is 5.34. The number of halogens is 1. The highest BCUT2D eigenvalue weighted by Crippen LogP contribution is 2.15. The Kier molecular flexibility index (Phi) is 5.26. The first-order chi connectivity index (χ1) is 8.50. The number of rotatable bonds is 6. The standard InChI is InChI=1S/C12H14FNO4/c1-8(9-4-2-3-5-10(9)13)14-11(15)6-18-7-12(16)17/h2-5,8H,6-7H2,1H3,(H,14,15)(H,16,17)/t8-/m0/s1. The van der Waals surface area contributed by atoms with Crippen molar-refractivity contribution in [3.63, 3.8) is 0 Å². The van der Waals surface area contributed by atoms with Crippen LogP contribution < -0.4 is 5.32 Å². The number of benzene rings is 1. The van der Waals surface area contributed by atoms with Gasteiger partial charge in [0.05, 0.1) is 6.04 Å². The van der Waals surface area contributed by atoms with Crippen LogP contribution >= 0.6 is 0 Å². The number of aliphatic carboxylic acids is 1. The molecule has 1 aromatic rings. The van der Waals surface area contributed by atoms with Gasteiger partial charge in [-0.25, -0.2) is 9.18 Å². The second-order valence-corrected chi connectivity index (χ2v) is 3.70. The normalized spacial score (nSPS) is 11.9. The van der Waals surface area contributed by atoms with Crippen molar-refractivity contribution in [3.05, 3.63) is 35.6 Å². The summed E-state index contributed by atoms with van der Waals surface area (Å²) in [5, 5.41) is 10.8. The van der Waals surface area contributed by atoms with Crippen molar-refractivity contribution >= 4 is 11.9 Å².